The average molecular weight is 563 g/mol. The van der Waals surface area contributed by atoms with Crippen LogP contribution in [0.15, 0.2) is 70.7 Å². The molecule has 0 spiro atoms. The summed E-state index contributed by atoms with van der Waals surface area (Å²) in [5.74, 6) is 0.407. The third-order valence-electron chi connectivity index (χ3n) is 4.84. The lowest BCUT2D eigenvalue weighted by atomic mass is 10.2. The topological polar surface area (TPSA) is 97.3 Å². The minimum atomic E-state index is -1.12. The Morgan fingerprint density at radius 2 is 1.92 bits per heavy atom. The van der Waals surface area contributed by atoms with E-state index in [1.165, 1.54) is 13.2 Å². The molecule has 0 saturated heterocycles. The van der Waals surface area contributed by atoms with Gasteiger partial charge in [0.2, 0.25) is 5.16 Å². The SMILES string of the molecule is COc1ccc(Cl)cc1-c1nc(S/C(=C\c2cccc(OCc3ccc(Cl)c(Cl)c3)c2)C(=O)O)n[nH]1. The molecule has 4 rings (SSSR count). The number of halogens is 3. The van der Waals surface area contributed by atoms with Crippen LogP contribution >= 0.6 is 46.6 Å². The summed E-state index contributed by atoms with van der Waals surface area (Å²) in [5, 5.41) is 18.3. The number of benzene rings is 3. The summed E-state index contributed by atoms with van der Waals surface area (Å²) in [7, 11) is 1.53. The lowest BCUT2D eigenvalue weighted by Crippen LogP contribution is -1.98. The van der Waals surface area contributed by atoms with Gasteiger partial charge in [0.15, 0.2) is 5.82 Å². The van der Waals surface area contributed by atoms with Gasteiger partial charge in [-0.15, -0.1) is 5.10 Å². The van der Waals surface area contributed by atoms with Crippen LogP contribution in [0.2, 0.25) is 15.1 Å². The third kappa shape index (κ3) is 6.53. The van der Waals surface area contributed by atoms with Gasteiger partial charge in [-0.3, -0.25) is 5.10 Å². The van der Waals surface area contributed by atoms with Gasteiger partial charge in [-0.1, -0.05) is 53.0 Å². The standard InChI is InChI=1S/C25H18Cl3N3O4S/c1-34-21-8-6-16(26)12-18(21)23-29-25(31-30-23)36-22(24(32)33)11-14-3-2-4-17(9-14)35-13-15-5-7-19(27)20(28)10-15/h2-12H,13H2,1H3,(H,32,33)(H,29,30,31)/b22-11-. The van der Waals surface area contributed by atoms with Crippen molar-refractivity contribution in [3.63, 3.8) is 0 Å². The van der Waals surface area contributed by atoms with Crippen LogP contribution < -0.4 is 9.47 Å². The van der Waals surface area contributed by atoms with Crippen molar-refractivity contribution in [3.8, 4) is 22.9 Å². The Morgan fingerprint density at radius 1 is 1.08 bits per heavy atom. The molecule has 1 aromatic heterocycles. The van der Waals surface area contributed by atoms with E-state index in [4.69, 9.17) is 44.3 Å². The molecule has 0 fully saturated rings. The number of rotatable bonds is 9. The smallest absolute Gasteiger partial charge is 0.342 e. The third-order valence-corrected chi connectivity index (χ3v) is 6.69. The number of aromatic nitrogens is 3. The van der Waals surface area contributed by atoms with E-state index in [2.05, 4.69) is 15.2 Å². The second-order valence-corrected chi connectivity index (χ2v) is 9.60. The first-order chi connectivity index (χ1) is 17.3. The molecular weight excluding hydrogens is 545 g/mol. The zero-order valence-electron chi connectivity index (χ0n) is 18.7. The van der Waals surface area contributed by atoms with Crippen molar-refractivity contribution >= 4 is 58.6 Å². The molecule has 0 bridgehead atoms. The molecule has 1 heterocycles. The van der Waals surface area contributed by atoms with Crippen molar-refractivity contribution in [1.82, 2.24) is 15.2 Å². The van der Waals surface area contributed by atoms with Crippen molar-refractivity contribution in [3.05, 3.63) is 91.8 Å². The molecule has 2 N–H and O–H groups in total. The number of ether oxygens (including phenoxy) is 2. The Kier molecular flexibility index (Phi) is 8.43. The minimum absolute atomic E-state index is 0.0280. The average Bonchev–Trinajstić information content (AvgIpc) is 3.33. The largest absolute Gasteiger partial charge is 0.496 e. The van der Waals surface area contributed by atoms with Gasteiger partial charge in [0.25, 0.3) is 0 Å². The first kappa shape index (κ1) is 25.9. The van der Waals surface area contributed by atoms with Crippen LogP contribution in [-0.2, 0) is 11.4 Å². The number of aromatic amines is 1. The Bertz CT molecular complexity index is 1440. The van der Waals surface area contributed by atoms with Gasteiger partial charge in [-0.25, -0.2) is 9.78 Å². The van der Waals surface area contributed by atoms with Gasteiger partial charge in [-0.2, -0.15) is 0 Å². The molecule has 0 amide bonds. The highest BCUT2D eigenvalue weighted by Crippen LogP contribution is 2.33. The maximum Gasteiger partial charge on any atom is 0.342 e. The molecule has 0 aliphatic carbocycles. The summed E-state index contributed by atoms with van der Waals surface area (Å²) in [6.45, 7) is 0.275. The zero-order chi connectivity index (χ0) is 25.7. The van der Waals surface area contributed by atoms with Crippen LogP contribution in [0, 0.1) is 0 Å². The Morgan fingerprint density at radius 3 is 2.67 bits per heavy atom. The second-order valence-electron chi connectivity index (χ2n) is 7.34. The normalized spacial score (nSPS) is 11.4. The number of carboxylic acids is 1. The van der Waals surface area contributed by atoms with Crippen LogP contribution in [-0.4, -0.2) is 33.4 Å². The number of hydrogen-bond donors (Lipinski definition) is 2. The number of carboxylic acid groups (broad SMARTS) is 1. The molecule has 0 radical (unpaired) electrons. The zero-order valence-corrected chi connectivity index (χ0v) is 21.8. The molecule has 0 unspecified atom stereocenters. The van der Waals surface area contributed by atoms with Gasteiger partial charge in [0.1, 0.15) is 23.0 Å². The Hall–Kier alpha value is -3.17. The van der Waals surface area contributed by atoms with Crippen LogP contribution in [0.1, 0.15) is 11.1 Å². The first-order valence-corrected chi connectivity index (χ1v) is 12.3. The first-order valence-electron chi connectivity index (χ1n) is 10.4. The van der Waals surface area contributed by atoms with E-state index >= 15 is 0 Å². The molecule has 3 aromatic carbocycles. The van der Waals surface area contributed by atoms with Crippen LogP contribution in [0.4, 0.5) is 0 Å². The molecule has 0 aliphatic heterocycles. The maximum atomic E-state index is 11.9. The van der Waals surface area contributed by atoms with Crippen LogP contribution in [0.5, 0.6) is 11.5 Å². The highest BCUT2D eigenvalue weighted by molar-refractivity contribution is 8.04. The number of carbonyl (C=O) groups is 1. The molecule has 11 heteroatoms. The number of methoxy groups -OCH3 is 1. The number of nitrogens with zero attached hydrogens (tertiary/aromatic N) is 2. The predicted molar refractivity (Wildman–Crippen MR) is 142 cm³/mol. The number of thioether (sulfide) groups is 1. The monoisotopic (exact) mass is 561 g/mol. The van der Waals surface area contributed by atoms with E-state index in [0.29, 0.717) is 43.5 Å². The lowest BCUT2D eigenvalue weighted by molar-refractivity contribution is -0.131. The minimum Gasteiger partial charge on any atom is -0.496 e. The van der Waals surface area contributed by atoms with Gasteiger partial charge in [0, 0.05) is 5.02 Å². The Labute approximate surface area is 226 Å². The van der Waals surface area contributed by atoms with Crippen molar-refractivity contribution in [2.24, 2.45) is 0 Å². The van der Waals surface area contributed by atoms with Crippen molar-refractivity contribution < 1.29 is 19.4 Å². The molecule has 0 aliphatic rings. The van der Waals surface area contributed by atoms with Gasteiger partial charge < -0.3 is 14.6 Å². The van der Waals surface area contributed by atoms with E-state index in [1.807, 2.05) is 6.07 Å². The molecule has 4 aromatic rings. The van der Waals surface area contributed by atoms with Crippen molar-refractivity contribution in [2.75, 3.05) is 7.11 Å². The van der Waals surface area contributed by atoms with Gasteiger partial charge >= 0.3 is 5.97 Å². The fraction of sp³-hybridized carbons (Fsp3) is 0.0800. The number of H-pyrrole nitrogens is 1. The highest BCUT2D eigenvalue weighted by Gasteiger charge is 2.16. The van der Waals surface area contributed by atoms with Crippen molar-refractivity contribution in [1.29, 1.82) is 0 Å². The number of aliphatic carboxylic acids is 1. The van der Waals surface area contributed by atoms with E-state index in [0.717, 1.165) is 17.3 Å². The van der Waals surface area contributed by atoms with E-state index < -0.39 is 5.97 Å². The summed E-state index contributed by atoms with van der Waals surface area (Å²) >= 11 is 19.0. The summed E-state index contributed by atoms with van der Waals surface area (Å²) in [4.78, 5) is 16.4. The molecule has 7 nitrogen and oxygen atoms in total. The fourth-order valence-corrected chi connectivity index (χ4v) is 4.35. The lowest BCUT2D eigenvalue weighted by Gasteiger charge is -2.08. The van der Waals surface area contributed by atoms with Gasteiger partial charge in [0.05, 0.1) is 22.7 Å². The molecule has 0 saturated carbocycles. The summed E-state index contributed by atoms with van der Waals surface area (Å²) < 4.78 is 11.2. The van der Waals surface area contributed by atoms with E-state index in [-0.39, 0.29) is 16.7 Å². The number of hydrogen-bond acceptors (Lipinski definition) is 6. The molecule has 0 atom stereocenters. The van der Waals surface area contributed by atoms with Crippen LogP contribution in [0.25, 0.3) is 17.5 Å². The quantitative estimate of drug-likeness (QED) is 0.164. The van der Waals surface area contributed by atoms with Crippen LogP contribution in [0.3, 0.4) is 0 Å². The summed E-state index contributed by atoms with van der Waals surface area (Å²) in [5.41, 5.74) is 2.10. The maximum absolute atomic E-state index is 11.9. The van der Waals surface area contributed by atoms with E-state index in [9.17, 15) is 9.90 Å². The molecular formula is C25H18Cl3N3O4S. The van der Waals surface area contributed by atoms with Crippen molar-refractivity contribution in [2.45, 2.75) is 11.8 Å². The molecule has 36 heavy (non-hydrogen) atoms. The van der Waals surface area contributed by atoms with E-state index in [1.54, 1.807) is 54.6 Å². The fourth-order valence-electron chi connectivity index (χ4n) is 3.15. The molecule has 184 valence electrons. The Balaban J connectivity index is 1.51. The summed E-state index contributed by atoms with van der Waals surface area (Å²) in [6.07, 6.45) is 1.52. The second kappa shape index (κ2) is 11.7. The summed E-state index contributed by atoms with van der Waals surface area (Å²) in [6, 6.07) is 17.4. The number of nitrogens with one attached hydrogen (secondary N) is 1. The van der Waals surface area contributed by atoms with Gasteiger partial charge in [-0.05, 0) is 71.4 Å². The highest BCUT2D eigenvalue weighted by atomic mass is 35.5. The predicted octanol–water partition coefficient (Wildman–Crippen LogP) is 7.24.